The van der Waals surface area contributed by atoms with Crippen molar-refractivity contribution in [2.75, 3.05) is 26.3 Å². The lowest BCUT2D eigenvalue weighted by Crippen LogP contribution is -2.35. The van der Waals surface area contributed by atoms with E-state index in [1.54, 1.807) is 0 Å². The van der Waals surface area contributed by atoms with Crippen LogP contribution in [0.15, 0.2) is 36.4 Å². The van der Waals surface area contributed by atoms with Crippen LogP contribution in [0.1, 0.15) is 21.5 Å². The Labute approximate surface area is 151 Å². The van der Waals surface area contributed by atoms with E-state index in [0.29, 0.717) is 6.29 Å². The second kappa shape index (κ2) is 8.43. The van der Waals surface area contributed by atoms with Gasteiger partial charge in [0.05, 0.1) is 23.8 Å². The standard InChI is InChI=1S/C19H19ClFNO3/c20-17-5-6-18(19(21)16(17)12-23)25-13-15-3-1-14(2-4-15)11-22-7-9-24-10-8-22/h1-6,12H,7-11,13H2. The number of hydrogen-bond acceptors (Lipinski definition) is 4. The van der Waals surface area contributed by atoms with Gasteiger partial charge in [0.15, 0.2) is 17.9 Å². The predicted octanol–water partition coefficient (Wildman–Crippen LogP) is 3.70. The van der Waals surface area contributed by atoms with E-state index in [2.05, 4.69) is 4.90 Å². The minimum atomic E-state index is -0.730. The molecule has 0 atom stereocenters. The maximum atomic E-state index is 14.1. The Bertz CT molecular complexity index is 730. The third-order valence-electron chi connectivity index (χ3n) is 4.14. The number of benzene rings is 2. The molecule has 1 fully saturated rings. The number of morpholine rings is 1. The number of hydrogen-bond donors (Lipinski definition) is 0. The van der Waals surface area contributed by atoms with Gasteiger partial charge >= 0.3 is 0 Å². The van der Waals surface area contributed by atoms with Gasteiger partial charge in [0.1, 0.15) is 6.61 Å². The molecule has 0 spiro atoms. The average Bonchev–Trinajstić information content (AvgIpc) is 2.64. The largest absolute Gasteiger partial charge is 0.486 e. The number of carbonyl (C=O) groups excluding carboxylic acids is 1. The van der Waals surface area contributed by atoms with Crippen LogP contribution in [0.4, 0.5) is 4.39 Å². The lowest BCUT2D eigenvalue weighted by Gasteiger charge is -2.26. The van der Waals surface area contributed by atoms with E-state index in [-0.39, 0.29) is 22.9 Å². The topological polar surface area (TPSA) is 38.8 Å². The number of halogens is 2. The Hall–Kier alpha value is -1.95. The summed E-state index contributed by atoms with van der Waals surface area (Å²) in [5.74, 6) is -0.713. The fourth-order valence-electron chi connectivity index (χ4n) is 2.69. The van der Waals surface area contributed by atoms with Gasteiger partial charge in [0.25, 0.3) is 0 Å². The smallest absolute Gasteiger partial charge is 0.177 e. The second-order valence-corrected chi connectivity index (χ2v) is 6.29. The zero-order valence-electron chi connectivity index (χ0n) is 13.7. The summed E-state index contributed by atoms with van der Waals surface area (Å²) in [7, 11) is 0. The molecule has 1 aliphatic rings. The zero-order chi connectivity index (χ0) is 17.6. The molecule has 4 nitrogen and oxygen atoms in total. The quantitative estimate of drug-likeness (QED) is 0.733. The molecule has 0 unspecified atom stereocenters. The normalized spacial score (nSPS) is 15.1. The molecule has 1 heterocycles. The summed E-state index contributed by atoms with van der Waals surface area (Å²) in [6, 6.07) is 10.9. The zero-order valence-corrected chi connectivity index (χ0v) is 14.5. The lowest BCUT2D eigenvalue weighted by atomic mass is 10.1. The van der Waals surface area contributed by atoms with Crippen molar-refractivity contribution in [1.29, 1.82) is 0 Å². The van der Waals surface area contributed by atoms with Crippen LogP contribution in [0.5, 0.6) is 5.75 Å². The highest BCUT2D eigenvalue weighted by atomic mass is 35.5. The molecule has 0 bridgehead atoms. The van der Waals surface area contributed by atoms with Gasteiger partial charge in [0.2, 0.25) is 0 Å². The molecular weight excluding hydrogens is 345 g/mol. The van der Waals surface area contributed by atoms with Gasteiger partial charge < -0.3 is 9.47 Å². The summed E-state index contributed by atoms with van der Waals surface area (Å²) in [6.45, 7) is 4.55. The summed E-state index contributed by atoms with van der Waals surface area (Å²) in [5.41, 5.74) is 1.96. The Morgan fingerprint density at radius 1 is 1.12 bits per heavy atom. The molecule has 6 heteroatoms. The van der Waals surface area contributed by atoms with Crippen LogP contribution in [0, 0.1) is 5.82 Å². The van der Waals surface area contributed by atoms with Crippen LogP contribution in [0.2, 0.25) is 5.02 Å². The highest BCUT2D eigenvalue weighted by Crippen LogP contribution is 2.26. The number of aldehydes is 1. The molecule has 0 amide bonds. The Morgan fingerprint density at radius 2 is 1.80 bits per heavy atom. The molecule has 0 saturated carbocycles. The summed E-state index contributed by atoms with van der Waals surface area (Å²) in [6.07, 6.45) is 0.394. The highest BCUT2D eigenvalue weighted by Gasteiger charge is 2.13. The van der Waals surface area contributed by atoms with Crippen LogP contribution in [0.3, 0.4) is 0 Å². The van der Waals surface area contributed by atoms with Gasteiger partial charge in [-0.05, 0) is 23.3 Å². The molecule has 0 N–H and O–H groups in total. The second-order valence-electron chi connectivity index (χ2n) is 5.88. The first kappa shape index (κ1) is 17.9. The van der Waals surface area contributed by atoms with Crippen molar-refractivity contribution < 1.29 is 18.7 Å². The van der Waals surface area contributed by atoms with Crippen LogP contribution in [-0.4, -0.2) is 37.5 Å². The average molecular weight is 364 g/mol. The molecule has 2 aromatic rings. The number of carbonyl (C=O) groups is 1. The van der Waals surface area contributed by atoms with Crippen molar-refractivity contribution in [3.05, 3.63) is 63.9 Å². The van der Waals surface area contributed by atoms with Crippen molar-refractivity contribution in [3.63, 3.8) is 0 Å². The Kier molecular flexibility index (Phi) is 6.02. The van der Waals surface area contributed by atoms with E-state index in [1.807, 2.05) is 24.3 Å². The molecule has 3 rings (SSSR count). The first-order valence-electron chi connectivity index (χ1n) is 8.11. The van der Waals surface area contributed by atoms with Crippen molar-refractivity contribution in [1.82, 2.24) is 4.90 Å². The minimum absolute atomic E-state index is 0.0175. The summed E-state index contributed by atoms with van der Waals surface area (Å²) in [5, 5.41) is 0.0762. The molecular formula is C19H19ClFNO3. The van der Waals surface area contributed by atoms with Gasteiger partial charge in [-0.15, -0.1) is 0 Å². The van der Waals surface area contributed by atoms with E-state index < -0.39 is 5.82 Å². The van der Waals surface area contributed by atoms with Gasteiger partial charge in [-0.3, -0.25) is 9.69 Å². The summed E-state index contributed by atoms with van der Waals surface area (Å²) < 4.78 is 24.9. The van der Waals surface area contributed by atoms with Gasteiger partial charge in [-0.2, -0.15) is 0 Å². The van der Waals surface area contributed by atoms with Crippen LogP contribution >= 0.6 is 11.6 Å². The maximum Gasteiger partial charge on any atom is 0.177 e. The fourth-order valence-corrected chi connectivity index (χ4v) is 2.88. The Morgan fingerprint density at radius 3 is 2.48 bits per heavy atom. The molecule has 0 aromatic heterocycles. The van der Waals surface area contributed by atoms with Gasteiger partial charge in [-0.1, -0.05) is 35.9 Å². The van der Waals surface area contributed by atoms with E-state index >= 15 is 0 Å². The highest BCUT2D eigenvalue weighted by molar-refractivity contribution is 6.33. The van der Waals surface area contributed by atoms with Gasteiger partial charge in [-0.25, -0.2) is 4.39 Å². The summed E-state index contributed by atoms with van der Waals surface area (Å²) in [4.78, 5) is 13.2. The molecule has 1 saturated heterocycles. The van der Waals surface area contributed by atoms with Crippen LogP contribution in [0.25, 0.3) is 0 Å². The van der Waals surface area contributed by atoms with Crippen molar-refractivity contribution in [3.8, 4) is 5.75 Å². The Balaban J connectivity index is 1.59. The lowest BCUT2D eigenvalue weighted by molar-refractivity contribution is 0.0342. The number of nitrogens with zero attached hydrogens (tertiary/aromatic N) is 1. The monoisotopic (exact) mass is 363 g/mol. The minimum Gasteiger partial charge on any atom is -0.486 e. The third kappa shape index (κ3) is 4.57. The SMILES string of the molecule is O=Cc1c(Cl)ccc(OCc2ccc(CN3CCOCC3)cc2)c1F. The van der Waals surface area contributed by atoms with Crippen molar-refractivity contribution in [2.24, 2.45) is 0 Å². The molecule has 1 aliphatic heterocycles. The third-order valence-corrected chi connectivity index (χ3v) is 4.47. The molecule has 0 aliphatic carbocycles. The van der Waals surface area contributed by atoms with Crippen molar-refractivity contribution >= 4 is 17.9 Å². The first-order valence-corrected chi connectivity index (χ1v) is 8.49. The molecule has 25 heavy (non-hydrogen) atoms. The summed E-state index contributed by atoms with van der Waals surface area (Å²) >= 11 is 5.78. The number of rotatable bonds is 6. The molecule has 2 aromatic carbocycles. The van der Waals surface area contributed by atoms with E-state index in [4.69, 9.17) is 21.1 Å². The van der Waals surface area contributed by atoms with Crippen LogP contribution in [-0.2, 0) is 17.9 Å². The van der Waals surface area contributed by atoms with E-state index in [1.165, 1.54) is 17.7 Å². The fraction of sp³-hybridized carbons (Fsp3) is 0.316. The number of ether oxygens (including phenoxy) is 2. The van der Waals surface area contributed by atoms with Crippen LogP contribution < -0.4 is 4.74 Å². The van der Waals surface area contributed by atoms with E-state index in [9.17, 15) is 9.18 Å². The predicted molar refractivity (Wildman–Crippen MR) is 93.7 cm³/mol. The van der Waals surface area contributed by atoms with E-state index in [0.717, 1.165) is 38.4 Å². The molecule has 0 radical (unpaired) electrons. The first-order chi connectivity index (χ1) is 12.2. The maximum absolute atomic E-state index is 14.1. The van der Waals surface area contributed by atoms with Gasteiger partial charge in [0, 0.05) is 19.6 Å². The molecule has 132 valence electrons. The van der Waals surface area contributed by atoms with Crippen molar-refractivity contribution in [2.45, 2.75) is 13.2 Å².